The molecule has 3 nitrogen and oxygen atoms in total. The van der Waals surface area contributed by atoms with Crippen LogP contribution in [0.2, 0.25) is 0 Å². The van der Waals surface area contributed by atoms with E-state index in [1.165, 1.54) is 13.2 Å². The molecule has 5 heteroatoms. The van der Waals surface area contributed by atoms with Gasteiger partial charge >= 0.3 is 0 Å². The predicted molar refractivity (Wildman–Crippen MR) is 71.5 cm³/mol. The van der Waals surface area contributed by atoms with Gasteiger partial charge in [-0.1, -0.05) is 30.3 Å². The second-order valence-corrected chi connectivity index (χ2v) is 6.04. The van der Waals surface area contributed by atoms with Gasteiger partial charge in [-0.15, -0.1) is 0 Å². The molecule has 0 aromatic heterocycles. The number of hydrogen-bond donors (Lipinski definition) is 0. The molecule has 19 heavy (non-hydrogen) atoms. The molecule has 0 saturated heterocycles. The molecule has 0 fully saturated rings. The van der Waals surface area contributed by atoms with E-state index >= 15 is 0 Å². The lowest BCUT2D eigenvalue weighted by Gasteiger charge is -2.12. The van der Waals surface area contributed by atoms with Crippen LogP contribution in [0.3, 0.4) is 0 Å². The Kier molecular flexibility index (Phi) is 3.57. The van der Waals surface area contributed by atoms with Crippen LogP contribution in [-0.4, -0.2) is 21.8 Å². The standard InChI is InChI=1S/C14H13FO3S/c1-18-13-9-4-3-6-10(13)11-7-5-8-12(15)14(11)19(2,16)17/h3-9H,1-2H3. The summed E-state index contributed by atoms with van der Waals surface area (Å²) < 4.78 is 42.6. The molecule has 0 aliphatic rings. The summed E-state index contributed by atoms with van der Waals surface area (Å²) in [4.78, 5) is -0.306. The van der Waals surface area contributed by atoms with Gasteiger partial charge in [-0.3, -0.25) is 0 Å². The van der Waals surface area contributed by atoms with Crippen molar-refractivity contribution >= 4 is 9.84 Å². The third kappa shape index (κ3) is 2.61. The predicted octanol–water partition coefficient (Wildman–Crippen LogP) is 2.90. The molecule has 0 N–H and O–H groups in total. The van der Waals surface area contributed by atoms with Crippen LogP contribution in [0, 0.1) is 5.82 Å². The fraction of sp³-hybridized carbons (Fsp3) is 0.143. The van der Waals surface area contributed by atoms with E-state index in [0.717, 1.165) is 12.3 Å². The summed E-state index contributed by atoms with van der Waals surface area (Å²) >= 11 is 0. The van der Waals surface area contributed by atoms with Crippen molar-refractivity contribution in [2.24, 2.45) is 0 Å². The largest absolute Gasteiger partial charge is 0.496 e. The SMILES string of the molecule is COc1ccccc1-c1cccc(F)c1S(C)(=O)=O. The number of benzene rings is 2. The minimum Gasteiger partial charge on any atom is -0.496 e. The summed E-state index contributed by atoms with van der Waals surface area (Å²) in [6.45, 7) is 0. The summed E-state index contributed by atoms with van der Waals surface area (Å²) in [5, 5.41) is 0. The summed E-state index contributed by atoms with van der Waals surface area (Å²) in [6, 6.07) is 11.1. The monoisotopic (exact) mass is 280 g/mol. The highest BCUT2D eigenvalue weighted by Crippen LogP contribution is 2.35. The van der Waals surface area contributed by atoms with Crippen LogP contribution in [0.4, 0.5) is 4.39 Å². The Bertz CT molecular complexity index is 708. The smallest absolute Gasteiger partial charge is 0.179 e. The van der Waals surface area contributed by atoms with Gasteiger partial charge in [0.05, 0.1) is 7.11 Å². The lowest BCUT2D eigenvalue weighted by molar-refractivity contribution is 0.416. The zero-order chi connectivity index (χ0) is 14.0. The quantitative estimate of drug-likeness (QED) is 0.868. The first kappa shape index (κ1) is 13.5. The summed E-state index contributed by atoms with van der Waals surface area (Å²) in [7, 11) is -2.18. The topological polar surface area (TPSA) is 43.4 Å². The Labute approximate surface area is 111 Å². The zero-order valence-electron chi connectivity index (χ0n) is 10.6. The van der Waals surface area contributed by atoms with E-state index in [2.05, 4.69) is 0 Å². The molecule has 0 saturated carbocycles. The number of para-hydroxylation sites is 1. The van der Waals surface area contributed by atoms with Gasteiger partial charge in [-0.2, -0.15) is 0 Å². The third-order valence-corrected chi connectivity index (χ3v) is 3.89. The van der Waals surface area contributed by atoms with Crippen molar-refractivity contribution in [3.8, 4) is 16.9 Å². The highest BCUT2D eigenvalue weighted by molar-refractivity contribution is 7.90. The molecule has 0 unspecified atom stereocenters. The van der Waals surface area contributed by atoms with Crippen LogP contribution < -0.4 is 4.74 Å². The maximum Gasteiger partial charge on any atom is 0.179 e. The molecule has 0 radical (unpaired) electrons. The van der Waals surface area contributed by atoms with Crippen LogP contribution in [-0.2, 0) is 9.84 Å². The zero-order valence-corrected chi connectivity index (χ0v) is 11.4. The van der Waals surface area contributed by atoms with Gasteiger partial charge in [0.2, 0.25) is 0 Å². The molecule has 2 aromatic carbocycles. The number of rotatable bonds is 3. The first-order valence-corrected chi connectivity index (χ1v) is 7.46. The van der Waals surface area contributed by atoms with Crippen molar-refractivity contribution in [1.29, 1.82) is 0 Å². The normalized spacial score (nSPS) is 11.3. The van der Waals surface area contributed by atoms with Crippen LogP contribution in [0.1, 0.15) is 0 Å². The fourth-order valence-corrected chi connectivity index (χ4v) is 2.96. The van der Waals surface area contributed by atoms with Gasteiger partial charge in [-0.25, -0.2) is 12.8 Å². The Balaban J connectivity index is 2.80. The molecule has 0 amide bonds. The Morgan fingerprint density at radius 2 is 1.63 bits per heavy atom. The number of methoxy groups -OCH3 is 1. The van der Waals surface area contributed by atoms with Gasteiger partial charge in [0.15, 0.2) is 9.84 Å². The minimum atomic E-state index is -3.67. The van der Waals surface area contributed by atoms with E-state index in [1.54, 1.807) is 30.3 Å². The molecule has 0 spiro atoms. The van der Waals surface area contributed by atoms with Crippen molar-refractivity contribution in [2.45, 2.75) is 4.90 Å². The highest BCUT2D eigenvalue weighted by Gasteiger charge is 2.21. The lowest BCUT2D eigenvalue weighted by Crippen LogP contribution is -2.04. The first-order chi connectivity index (χ1) is 8.95. The average Bonchev–Trinajstić information content (AvgIpc) is 2.37. The van der Waals surface area contributed by atoms with Crippen molar-refractivity contribution in [3.63, 3.8) is 0 Å². The Morgan fingerprint density at radius 3 is 2.26 bits per heavy atom. The molecule has 0 bridgehead atoms. The second kappa shape index (κ2) is 5.01. The van der Waals surface area contributed by atoms with Crippen molar-refractivity contribution in [1.82, 2.24) is 0 Å². The van der Waals surface area contributed by atoms with E-state index in [1.807, 2.05) is 0 Å². The summed E-state index contributed by atoms with van der Waals surface area (Å²) in [6.07, 6.45) is 0.990. The average molecular weight is 280 g/mol. The Morgan fingerprint density at radius 1 is 1.00 bits per heavy atom. The van der Waals surface area contributed by atoms with Crippen LogP contribution in [0.15, 0.2) is 47.4 Å². The summed E-state index contributed by atoms with van der Waals surface area (Å²) in [5.74, 6) is -0.260. The molecule has 0 aliphatic carbocycles. The van der Waals surface area contributed by atoms with E-state index in [9.17, 15) is 12.8 Å². The molecule has 0 heterocycles. The number of hydrogen-bond acceptors (Lipinski definition) is 3. The van der Waals surface area contributed by atoms with Crippen LogP contribution in [0.5, 0.6) is 5.75 Å². The molecule has 0 aliphatic heterocycles. The molecule has 2 rings (SSSR count). The van der Waals surface area contributed by atoms with E-state index in [0.29, 0.717) is 16.9 Å². The second-order valence-electron chi connectivity index (χ2n) is 4.09. The molecule has 2 aromatic rings. The highest BCUT2D eigenvalue weighted by atomic mass is 32.2. The van der Waals surface area contributed by atoms with Crippen molar-refractivity contribution < 1.29 is 17.5 Å². The number of sulfone groups is 1. The number of ether oxygens (including phenoxy) is 1. The molecule has 0 atom stereocenters. The van der Waals surface area contributed by atoms with Gasteiger partial charge in [0, 0.05) is 17.4 Å². The van der Waals surface area contributed by atoms with Gasteiger partial charge in [0.25, 0.3) is 0 Å². The van der Waals surface area contributed by atoms with Crippen molar-refractivity contribution in [2.75, 3.05) is 13.4 Å². The maximum absolute atomic E-state index is 13.8. The Hall–Kier alpha value is -1.88. The number of halogens is 1. The summed E-state index contributed by atoms with van der Waals surface area (Å²) in [5.41, 5.74) is 0.852. The third-order valence-electron chi connectivity index (χ3n) is 2.73. The van der Waals surface area contributed by atoms with Gasteiger partial charge in [-0.05, 0) is 12.1 Å². The van der Waals surface area contributed by atoms with E-state index in [-0.39, 0.29) is 4.90 Å². The van der Waals surface area contributed by atoms with Crippen molar-refractivity contribution in [3.05, 3.63) is 48.3 Å². The minimum absolute atomic E-state index is 0.306. The van der Waals surface area contributed by atoms with Gasteiger partial charge < -0.3 is 4.74 Å². The van der Waals surface area contributed by atoms with E-state index in [4.69, 9.17) is 4.74 Å². The van der Waals surface area contributed by atoms with Crippen LogP contribution in [0.25, 0.3) is 11.1 Å². The van der Waals surface area contributed by atoms with Crippen LogP contribution >= 0.6 is 0 Å². The molecule has 100 valence electrons. The lowest BCUT2D eigenvalue weighted by atomic mass is 10.0. The maximum atomic E-state index is 13.8. The van der Waals surface area contributed by atoms with Gasteiger partial charge in [0.1, 0.15) is 16.5 Å². The molecular weight excluding hydrogens is 267 g/mol. The molecular formula is C14H13FO3S. The fourth-order valence-electron chi connectivity index (χ4n) is 1.96. The van der Waals surface area contributed by atoms with E-state index < -0.39 is 15.7 Å². The first-order valence-electron chi connectivity index (χ1n) is 5.57.